The van der Waals surface area contributed by atoms with E-state index in [4.69, 9.17) is 9.47 Å². The number of piperidine rings is 1. The molecular formula is C29H32N2O4. The molecule has 2 amide bonds. The molecule has 0 spiro atoms. The number of ether oxygens (including phenoxy) is 2. The predicted molar refractivity (Wildman–Crippen MR) is 137 cm³/mol. The summed E-state index contributed by atoms with van der Waals surface area (Å²) in [7, 11) is 3.13. The molecule has 1 fully saturated rings. The Balaban J connectivity index is 1.43. The summed E-state index contributed by atoms with van der Waals surface area (Å²) >= 11 is 0. The Bertz CT molecular complexity index is 1100. The zero-order valence-electron chi connectivity index (χ0n) is 20.4. The van der Waals surface area contributed by atoms with Crippen molar-refractivity contribution < 1.29 is 19.1 Å². The van der Waals surface area contributed by atoms with E-state index in [0.717, 1.165) is 12.1 Å². The van der Waals surface area contributed by atoms with E-state index in [9.17, 15) is 9.59 Å². The molecule has 1 aliphatic heterocycles. The van der Waals surface area contributed by atoms with E-state index in [2.05, 4.69) is 12.1 Å². The van der Waals surface area contributed by atoms with Crippen LogP contribution < -0.4 is 14.4 Å². The quantitative estimate of drug-likeness (QED) is 0.471. The maximum Gasteiger partial charge on any atom is 0.254 e. The summed E-state index contributed by atoms with van der Waals surface area (Å²) in [6, 6.07) is 25.3. The summed E-state index contributed by atoms with van der Waals surface area (Å²) in [5.74, 6) is 1.10. The van der Waals surface area contributed by atoms with Gasteiger partial charge < -0.3 is 19.3 Å². The fourth-order valence-corrected chi connectivity index (χ4v) is 4.52. The zero-order valence-corrected chi connectivity index (χ0v) is 20.4. The average Bonchev–Trinajstić information content (AvgIpc) is 2.93. The molecule has 0 unspecified atom stereocenters. The SMILES string of the molecule is COc1cc(OC)cc(C(=O)N2CCC(C(=O)N(CCc3ccccc3)c3ccccc3)CC2)c1. The molecule has 1 aliphatic rings. The van der Waals surface area contributed by atoms with Gasteiger partial charge in [0.25, 0.3) is 5.91 Å². The van der Waals surface area contributed by atoms with Gasteiger partial charge in [0.1, 0.15) is 11.5 Å². The van der Waals surface area contributed by atoms with Gasteiger partial charge in [-0.15, -0.1) is 0 Å². The van der Waals surface area contributed by atoms with E-state index < -0.39 is 0 Å². The summed E-state index contributed by atoms with van der Waals surface area (Å²) in [6.07, 6.45) is 2.07. The standard InChI is InChI=1S/C29H32N2O4/c1-34-26-19-24(20-27(21-26)35-2)28(32)30-16-14-23(15-17-30)29(33)31(25-11-7-4-8-12-25)18-13-22-9-5-3-6-10-22/h3-12,19-21,23H,13-18H2,1-2H3. The lowest BCUT2D eigenvalue weighted by molar-refractivity contribution is -0.123. The first-order valence-corrected chi connectivity index (χ1v) is 12.0. The molecule has 0 aliphatic carbocycles. The first kappa shape index (κ1) is 24.3. The Kier molecular flexibility index (Phi) is 8.03. The fourth-order valence-electron chi connectivity index (χ4n) is 4.52. The van der Waals surface area contributed by atoms with Crippen molar-refractivity contribution >= 4 is 17.5 Å². The molecule has 0 radical (unpaired) electrons. The normalized spacial score (nSPS) is 13.8. The van der Waals surface area contributed by atoms with Crippen molar-refractivity contribution in [1.82, 2.24) is 4.90 Å². The maximum atomic E-state index is 13.6. The summed E-state index contributed by atoms with van der Waals surface area (Å²) in [6.45, 7) is 1.70. The number of carbonyl (C=O) groups is 2. The van der Waals surface area contributed by atoms with Gasteiger partial charge in [-0.2, -0.15) is 0 Å². The highest BCUT2D eigenvalue weighted by Gasteiger charge is 2.31. The van der Waals surface area contributed by atoms with Gasteiger partial charge in [-0.1, -0.05) is 48.5 Å². The van der Waals surface area contributed by atoms with Gasteiger partial charge in [-0.3, -0.25) is 9.59 Å². The number of para-hydroxylation sites is 1. The summed E-state index contributed by atoms with van der Waals surface area (Å²) in [4.78, 5) is 30.5. The molecule has 6 nitrogen and oxygen atoms in total. The molecule has 3 aromatic carbocycles. The van der Waals surface area contributed by atoms with Crippen molar-refractivity contribution in [2.24, 2.45) is 5.92 Å². The number of carbonyl (C=O) groups excluding carboxylic acids is 2. The van der Waals surface area contributed by atoms with Gasteiger partial charge in [-0.05, 0) is 49.1 Å². The number of amides is 2. The van der Waals surface area contributed by atoms with Gasteiger partial charge in [0, 0.05) is 42.9 Å². The van der Waals surface area contributed by atoms with Gasteiger partial charge in [0.2, 0.25) is 5.91 Å². The number of hydrogen-bond acceptors (Lipinski definition) is 4. The van der Waals surface area contributed by atoms with Gasteiger partial charge in [-0.25, -0.2) is 0 Å². The molecule has 0 N–H and O–H groups in total. The first-order chi connectivity index (χ1) is 17.1. The third kappa shape index (κ3) is 6.01. The average molecular weight is 473 g/mol. The number of benzene rings is 3. The number of methoxy groups -OCH3 is 2. The molecule has 3 aromatic rings. The Hall–Kier alpha value is -3.80. The van der Waals surface area contributed by atoms with Crippen LogP contribution >= 0.6 is 0 Å². The van der Waals surface area contributed by atoms with Gasteiger partial charge in [0.05, 0.1) is 14.2 Å². The van der Waals surface area contributed by atoms with Crippen LogP contribution in [-0.4, -0.2) is 50.6 Å². The van der Waals surface area contributed by atoms with Crippen LogP contribution in [0.15, 0.2) is 78.9 Å². The summed E-state index contributed by atoms with van der Waals surface area (Å²) in [5, 5.41) is 0. The minimum Gasteiger partial charge on any atom is -0.497 e. The summed E-state index contributed by atoms with van der Waals surface area (Å²) in [5.41, 5.74) is 2.64. The van der Waals surface area contributed by atoms with Crippen LogP contribution in [0.1, 0.15) is 28.8 Å². The largest absolute Gasteiger partial charge is 0.497 e. The fraction of sp³-hybridized carbons (Fsp3) is 0.310. The molecule has 182 valence electrons. The Morgan fingerprint density at radius 1 is 0.857 bits per heavy atom. The molecule has 6 heteroatoms. The highest BCUT2D eigenvalue weighted by atomic mass is 16.5. The van der Waals surface area contributed by atoms with Crippen LogP contribution in [0.4, 0.5) is 5.69 Å². The minimum atomic E-state index is -0.116. The van der Waals surface area contributed by atoms with Crippen LogP contribution in [0, 0.1) is 5.92 Å². The highest BCUT2D eigenvalue weighted by Crippen LogP contribution is 2.27. The number of rotatable bonds is 8. The third-order valence-electron chi connectivity index (χ3n) is 6.53. The number of anilines is 1. The Morgan fingerprint density at radius 3 is 2.00 bits per heavy atom. The van der Waals surface area contributed by atoms with E-state index >= 15 is 0 Å². The van der Waals surface area contributed by atoms with Crippen molar-refractivity contribution in [3.8, 4) is 11.5 Å². The number of likely N-dealkylation sites (tertiary alicyclic amines) is 1. The molecule has 0 aromatic heterocycles. The van der Waals surface area contributed by atoms with Crippen molar-refractivity contribution in [3.63, 3.8) is 0 Å². The third-order valence-corrected chi connectivity index (χ3v) is 6.53. The van der Waals surface area contributed by atoms with Crippen LogP contribution in [0.3, 0.4) is 0 Å². The lowest BCUT2D eigenvalue weighted by atomic mass is 9.94. The predicted octanol–water partition coefficient (Wildman–Crippen LogP) is 4.83. The molecule has 0 saturated carbocycles. The monoisotopic (exact) mass is 472 g/mol. The van der Waals surface area contributed by atoms with Crippen LogP contribution in [0.25, 0.3) is 0 Å². The molecular weight excluding hydrogens is 440 g/mol. The van der Waals surface area contributed by atoms with E-state index in [1.165, 1.54) is 5.56 Å². The highest BCUT2D eigenvalue weighted by molar-refractivity contribution is 5.97. The van der Waals surface area contributed by atoms with E-state index in [1.807, 2.05) is 58.3 Å². The number of nitrogens with zero attached hydrogens (tertiary/aromatic N) is 2. The molecule has 1 saturated heterocycles. The Morgan fingerprint density at radius 2 is 1.43 bits per heavy atom. The van der Waals surface area contributed by atoms with Crippen molar-refractivity contribution in [3.05, 3.63) is 90.0 Å². The molecule has 35 heavy (non-hydrogen) atoms. The second-order valence-electron chi connectivity index (χ2n) is 8.73. The van der Waals surface area contributed by atoms with Crippen LogP contribution in [-0.2, 0) is 11.2 Å². The Labute approximate surface area is 207 Å². The number of hydrogen-bond donors (Lipinski definition) is 0. The summed E-state index contributed by atoms with van der Waals surface area (Å²) < 4.78 is 10.6. The van der Waals surface area contributed by atoms with E-state index in [-0.39, 0.29) is 17.7 Å². The van der Waals surface area contributed by atoms with Crippen LogP contribution in [0.2, 0.25) is 0 Å². The van der Waals surface area contributed by atoms with Crippen molar-refractivity contribution in [2.75, 3.05) is 38.8 Å². The van der Waals surface area contributed by atoms with Crippen molar-refractivity contribution in [1.29, 1.82) is 0 Å². The maximum absolute atomic E-state index is 13.6. The second-order valence-corrected chi connectivity index (χ2v) is 8.73. The van der Waals surface area contributed by atoms with Gasteiger partial charge >= 0.3 is 0 Å². The lowest BCUT2D eigenvalue weighted by Crippen LogP contribution is -2.45. The van der Waals surface area contributed by atoms with Crippen LogP contribution in [0.5, 0.6) is 11.5 Å². The second kappa shape index (κ2) is 11.6. The molecule has 0 bridgehead atoms. The van der Waals surface area contributed by atoms with Crippen molar-refractivity contribution in [2.45, 2.75) is 19.3 Å². The van der Waals surface area contributed by atoms with E-state index in [0.29, 0.717) is 49.5 Å². The smallest absolute Gasteiger partial charge is 0.254 e. The molecule has 0 atom stereocenters. The van der Waals surface area contributed by atoms with Gasteiger partial charge in [0.15, 0.2) is 0 Å². The first-order valence-electron chi connectivity index (χ1n) is 12.0. The van der Waals surface area contributed by atoms with E-state index in [1.54, 1.807) is 32.4 Å². The zero-order chi connectivity index (χ0) is 24.6. The minimum absolute atomic E-state index is 0.0721. The topological polar surface area (TPSA) is 59.1 Å². The molecule has 1 heterocycles. The molecule has 4 rings (SSSR count). The lowest BCUT2D eigenvalue weighted by Gasteiger charge is -2.34.